The van der Waals surface area contributed by atoms with Gasteiger partial charge in [-0.05, 0) is 18.6 Å². The van der Waals surface area contributed by atoms with Crippen LogP contribution in [0.2, 0.25) is 0 Å². The molecule has 1 aromatic rings. The van der Waals surface area contributed by atoms with Crippen molar-refractivity contribution in [1.29, 1.82) is 0 Å². The molecule has 17 heavy (non-hydrogen) atoms. The molecule has 1 aliphatic rings. The van der Waals surface area contributed by atoms with Crippen molar-refractivity contribution in [2.24, 2.45) is 0 Å². The van der Waals surface area contributed by atoms with Gasteiger partial charge in [0.2, 0.25) is 0 Å². The summed E-state index contributed by atoms with van der Waals surface area (Å²) in [6.07, 6.45) is -0.977. The van der Waals surface area contributed by atoms with Gasteiger partial charge in [0.25, 0.3) is 0 Å². The van der Waals surface area contributed by atoms with Crippen molar-refractivity contribution in [3.05, 3.63) is 23.8 Å². The van der Waals surface area contributed by atoms with E-state index in [4.69, 9.17) is 19.7 Å². The van der Waals surface area contributed by atoms with E-state index in [0.29, 0.717) is 17.9 Å². The molecule has 1 aliphatic heterocycles. The van der Waals surface area contributed by atoms with E-state index in [0.717, 1.165) is 5.56 Å². The van der Waals surface area contributed by atoms with Gasteiger partial charge in [-0.3, -0.25) is 0 Å². The molecule has 0 bridgehead atoms. The lowest BCUT2D eigenvalue weighted by Crippen LogP contribution is -2.24. The fraction of sp³-hybridized carbons (Fsp3) is 0.417. The van der Waals surface area contributed by atoms with Gasteiger partial charge in [-0.2, -0.15) is 0 Å². The van der Waals surface area contributed by atoms with Gasteiger partial charge in [0.15, 0.2) is 6.10 Å². The summed E-state index contributed by atoms with van der Waals surface area (Å²) in [5.74, 6) is 0.142. The predicted octanol–water partition coefficient (Wildman–Crippen LogP) is 0.834. The Bertz CT molecular complexity index is 427. The van der Waals surface area contributed by atoms with Gasteiger partial charge in [-0.15, -0.1) is 0 Å². The van der Waals surface area contributed by atoms with E-state index in [9.17, 15) is 4.79 Å². The number of aliphatic hydroxyl groups is 1. The Morgan fingerprint density at radius 3 is 3.06 bits per heavy atom. The lowest BCUT2D eigenvalue weighted by Gasteiger charge is -2.09. The fourth-order valence-electron chi connectivity index (χ4n) is 1.65. The second-order valence-electron chi connectivity index (χ2n) is 4.08. The van der Waals surface area contributed by atoms with Crippen molar-refractivity contribution in [2.75, 3.05) is 6.61 Å². The van der Waals surface area contributed by atoms with Gasteiger partial charge in [0.05, 0.1) is 6.10 Å². The highest BCUT2D eigenvalue weighted by atomic mass is 16.5. The van der Waals surface area contributed by atoms with Crippen LogP contribution in [0.25, 0.3) is 0 Å². The third-order valence-electron chi connectivity index (χ3n) is 2.48. The van der Waals surface area contributed by atoms with Gasteiger partial charge in [0, 0.05) is 12.5 Å². The van der Waals surface area contributed by atoms with E-state index in [2.05, 4.69) is 0 Å². The highest BCUT2D eigenvalue weighted by molar-refractivity contribution is 5.74. The minimum absolute atomic E-state index is 0.196. The second kappa shape index (κ2) is 4.63. The number of carboxylic acid groups (broad SMARTS) is 1. The van der Waals surface area contributed by atoms with E-state index in [1.54, 1.807) is 25.1 Å². The number of aliphatic hydroxyl groups excluding tert-OH is 1. The van der Waals surface area contributed by atoms with Crippen molar-refractivity contribution in [1.82, 2.24) is 0 Å². The van der Waals surface area contributed by atoms with Crippen LogP contribution in [0.15, 0.2) is 18.2 Å². The molecule has 1 heterocycles. The Balaban J connectivity index is 2.07. The van der Waals surface area contributed by atoms with Crippen LogP contribution in [0.5, 0.6) is 11.5 Å². The Morgan fingerprint density at radius 2 is 2.41 bits per heavy atom. The summed E-state index contributed by atoms with van der Waals surface area (Å²) in [6.45, 7) is 1.82. The molecule has 0 saturated carbocycles. The zero-order chi connectivity index (χ0) is 12.4. The number of fused-ring (bicyclic) bond motifs is 1. The molecule has 0 fully saturated rings. The first kappa shape index (κ1) is 11.7. The molecule has 1 aromatic carbocycles. The van der Waals surface area contributed by atoms with Crippen molar-refractivity contribution < 1.29 is 24.5 Å². The topological polar surface area (TPSA) is 76.0 Å². The summed E-state index contributed by atoms with van der Waals surface area (Å²) < 4.78 is 10.6. The summed E-state index contributed by atoms with van der Waals surface area (Å²) >= 11 is 0. The van der Waals surface area contributed by atoms with Crippen molar-refractivity contribution in [3.63, 3.8) is 0 Å². The molecular formula is C12H14O5. The van der Waals surface area contributed by atoms with Gasteiger partial charge in [-0.25, -0.2) is 4.79 Å². The maximum absolute atomic E-state index is 10.8. The standard InChI is InChI=1S/C12H14O5/c1-7(13)6-16-9-3-2-8-4-11(12(14)15)17-10(8)5-9/h2-3,5,7,11,13H,4,6H2,1H3,(H,14,15). The van der Waals surface area contributed by atoms with Gasteiger partial charge >= 0.3 is 5.97 Å². The summed E-state index contributed by atoms with van der Waals surface area (Å²) in [5, 5.41) is 17.9. The van der Waals surface area contributed by atoms with Crippen LogP contribution >= 0.6 is 0 Å². The smallest absolute Gasteiger partial charge is 0.345 e. The maximum atomic E-state index is 10.8. The lowest BCUT2D eigenvalue weighted by atomic mass is 10.1. The third kappa shape index (κ3) is 2.68. The highest BCUT2D eigenvalue weighted by Gasteiger charge is 2.28. The number of ether oxygens (including phenoxy) is 2. The van der Waals surface area contributed by atoms with Crippen LogP contribution in [-0.2, 0) is 11.2 Å². The normalized spacial score (nSPS) is 19.3. The first-order chi connectivity index (χ1) is 8.06. The Morgan fingerprint density at radius 1 is 1.65 bits per heavy atom. The highest BCUT2D eigenvalue weighted by Crippen LogP contribution is 2.32. The SMILES string of the molecule is CC(O)COc1ccc2c(c1)OC(C(=O)O)C2. The number of rotatable bonds is 4. The maximum Gasteiger partial charge on any atom is 0.345 e. The summed E-state index contributed by atoms with van der Waals surface area (Å²) in [5.41, 5.74) is 0.863. The molecule has 0 aliphatic carbocycles. The van der Waals surface area contributed by atoms with Crippen LogP contribution in [-0.4, -0.2) is 35.0 Å². The predicted molar refractivity (Wildman–Crippen MR) is 59.4 cm³/mol. The number of benzene rings is 1. The molecule has 0 aromatic heterocycles. The van der Waals surface area contributed by atoms with Crippen molar-refractivity contribution in [3.8, 4) is 11.5 Å². The number of carbonyl (C=O) groups is 1. The lowest BCUT2D eigenvalue weighted by molar-refractivity contribution is -0.144. The molecule has 2 atom stereocenters. The second-order valence-corrected chi connectivity index (χ2v) is 4.08. The Hall–Kier alpha value is -1.75. The van der Waals surface area contributed by atoms with Crippen LogP contribution < -0.4 is 9.47 Å². The molecule has 2 unspecified atom stereocenters. The molecule has 0 radical (unpaired) electrons. The molecule has 2 rings (SSSR count). The number of aliphatic carboxylic acids is 1. The van der Waals surface area contributed by atoms with Crippen LogP contribution in [0.4, 0.5) is 0 Å². The molecule has 0 saturated heterocycles. The molecule has 0 amide bonds. The number of hydrogen-bond donors (Lipinski definition) is 2. The first-order valence-electron chi connectivity index (χ1n) is 5.39. The molecule has 5 nitrogen and oxygen atoms in total. The van der Waals surface area contributed by atoms with E-state index in [1.165, 1.54) is 0 Å². The van der Waals surface area contributed by atoms with E-state index < -0.39 is 18.2 Å². The van der Waals surface area contributed by atoms with Crippen LogP contribution in [0, 0.1) is 0 Å². The quantitative estimate of drug-likeness (QED) is 0.812. The van der Waals surface area contributed by atoms with Crippen molar-refractivity contribution >= 4 is 5.97 Å². The summed E-state index contributed by atoms with van der Waals surface area (Å²) in [6, 6.07) is 5.19. The molecule has 92 valence electrons. The van der Waals surface area contributed by atoms with Gasteiger partial charge in [-0.1, -0.05) is 6.07 Å². The summed E-state index contributed by atoms with van der Waals surface area (Å²) in [4.78, 5) is 10.8. The van der Waals surface area contributed by atoms with E-state index in [-0.39, 0.29) is 6.61 Å². The number of carboxylic acids is 1. The van der Waals surface area contributed by atoms with Gasteiger partial charge in [0.1, 0.15) is 18.1 Å². The van der Waals surface area contributed by atoms with E-state index in [1.807, 2.05) is 0 Å². The molecule has 0 spiro atoms. The molecule has 5 heteroatoms. The van der Waals surface area contributed by atoms with Gasteiger partial charge < -0.3 is 19.7 Å². The fourth-order valence-corrected chi connectivity index (χ4v) is 1.65. The van der Waals surface area contributed by atoms with Crippen LogP contribution in [0.3, 0.4) is 0 Å². The zero-order valence-electron chi connectivity index (χ0n) is 9.42. The first-order valence-corrected chi connectivity index (χ1v) is 5.39. The van der Waals surface area contributed by atoms with E-state index >= 15 is 0 Å². The zero-order valence-corrected chi connectivity index (χ0v) is 9.42. The molecular weight excluding hydrogens is 224 g/mol. The average Bonchev–Trinajstić information content (AvgIpc) is 2.69. The monoisotopic (exact) mass is 238 g/mol. The Labute approximate surface area is 98.6 Å². The largest absolute Gasteiger partial charge is 0.491 e. The number of hydrogen-bond acceptors (Lipinski definition) is 4. The summed E-state index contributed by atoms with van der Waals surface area (Å²) in [7, 11) is 0. The average molecular weight is 238 g/mol. The minimum atomic E-state index is -0.965. The minimum Gasteiger partial charge on any atom is -0.491 e. The van der Waals surface area contributed by atoms with Crippen LogP contribution in [0.1, 0.15) is 12.5 Å². The molecule has 2 N–H and O–H groups in total. The Kier molecular flexibility index (Phi) is 3.19. The third-order valence-corrected chi connectivity index (χ3v) is 2.48. The van der Waals surface area contributed by atoms with Crippen molar-refractivity contribution in [2.45, 2.75) is 25.6 Å².